The minimum absolute atomic E-state index is 0.0155. The summed E-state index contributed by atoms with van der Waals surface area (Å²) in [5.41, 5.74) is 2.40. The first-order chi connectivity index (χ1) is 9.97. The Bertz CT molecular complexity index is 527. The Labute approximate surface area is 125 Å². The van der Waals surface area contributed by atoms with Crippen molar-refractivity contribution in [1.29, 1.82) is 0 Å². The molecule has 2 rings (SSSR count). The predicted octanol–water partition coefficient (Wildman–Crippen LogP) is 2.86. The number of carboxylic acids is 1. The number of carboxylic acid groups (broad SMARTS) is 1. The number of carbonyl (C=O) groups is 2. The maximum absolute atomic E-state index is 12.1. The number of aliphatic carboxylic acids is 1. The van der Waals surface area contributed by atoms with Crippen LogP contribution in [0.4, 0.5) is 0 Å². The molecule has 1 aromatic carbocycles. The molecule has 0 saturated heterocycles. The molecular weight excluding hydrogens is 266 g/mol. The van der Waals surface area contributed by atoms with Gasteiger partial charge in [-0.2, -0.15) is 0 Å². The lowest BCUT2D eigenvalue weighted by Crippen LogP contribution is -2.34. The first-order valence-corrected chi connectivity index (χ1v) is 7.55. The molecule has 4 heteroatoms. The zero-order valence-corrected chi connectivity index (χ0v) is 12.6. The van der Waals surface area contributed by atoms with Crippen LogP contribution >= 0.6 is 0 Å². The van der Waals surface area contributed by atoms with Crippen LogP contribution in [0, 0.1) is 12.8 Å². The molecule has 0 heterocycles. The van der Waals surface area contributed by atoms with Crippen molar-refractivity contribution >= 4 is 11.9 Å². The molecule has 4 nitrogen and oxygen atoms in total. The minimum atomic E-state index is -0.750. The Morgan fingerprint density at radius 3 is 2.67 bits per heavy atom. The number of aryl methyl sites for hydroxylation is 1. The number of hydrogen-bond donors (Lipinski definition) is 2. The van der Waals surface area contributed by atoms with E-state index in [9.17, 15) is 9.59 Å². The second kappa shape index (κ2) is 6.74. The van der Waals surface area contributed by atoms with Gasteiger partial charge in [-0.1, -0.05) is 31.2 Å². The molecule has 1 aromatic rings. The van der Waals surface area contributed by atoms with Gasteiger partial charge in [-0.15, -0.1) is 0 Å². The highest BCUT2D eigenvalue weighted by molar-refractivity contribution is 5.77. The molecule has 0 bridgehead atoms. The van der Waals surface area contributed by atoms with Crippen LogP contribution in [0.5, 0.6) is 0 Å². The molecule has 1 aliphatic carbocycles. The third kappa shape index (κ3) is 4.06. The highest BCUT2D eigenvalue weighted by Gasteiger charge is 2.30. The summed E-state index contributed by atoms with van der Waals surface area (Å²) in [6, 6.07) is 8.12. The zero-order chi connectivity index (χ0) is 15.4. The lowest BCUT2D eigenvalue weighted by Gasteiger charge is -2.17. The van der Waals surface area contributed by atoms with Crippen molar-refractivity contribution in [2.45, 2.75) is 51.5 Å². The molecule has 1 fully saturated rings. The van der Waals surface area contributed by atoms with E-state index >= 15 is 0 Å². The van der Waals surface area contributed by atoms with Gasteiger partial charge in [0.1, 0.15) is 0 Å². The van der Waals surface area contributed by atoms with Gasteiger partial charge in [-0.05, 0) is 43.2 Å². The average Bonchev–Trinajstić information content (AvgIpc) is 2.87. The Morgan fingerprint density at radius 2 is 2.05 bits per heavy atom. The number of nitrogens with one attached hydrogen (secondary N) is 1. The molecule has 0 spiro atoms. The largest absolute Gasteiger partial charge is 0.481 e. The van der Waals surface area contributed by atoms with E-state index in [1.165, 1.54) is 11.1 Å². The molecule has 1 amide bonds. The third-order valence-electron chi connectivity index (χ3n) is 4.36. The van der Waals surface area contributed by atoms with Crippen molar-refractivity contribution in [3.8, 4) is 0 Å². The fraction of sp³-hybridized carbons (Fsp3) is 0.529. The van der Waals surface area contributed by atoms with E-state index in [2.05, 4.69) is 31.3 Å². The zero-order valence-electron chi connectivity index (χ0n) is 12.6. The maximum atomic E-state index is 12.1. The Balaban J connectivity index is 1.85. The average molecular weight is 289 g/mol. The summed E-state index contributed by atoms with van der Waals surface area (Å²) in [4.78, 5) is 23.0. The van der Waals surface area contributed by atoms with Crippen LogP contribution in [0.2, 0.25) is 0 Å². The van der Waals surface area contributed by atoms with Crippen LogP contribution in [-0.4, -0.2) is 23.0 Å². The van der Waals surface area contributed by atoms with Crippen molar-refractivity contribution in [2.75, 3.05) is 0 Å². The van der Waals surface area contributed by atoms with Gasteiger partial charge in [-0.3, -0.25) is 9.59 Å². The molecular formula is C17H23NO3. The van der Waals surface area contributed by atoms with Crippen molar-refractivity contribution in [3.63, 3.8) is 0 Å². The van der Waals surface area contributed by atoms with Crippen molar-refractivity contribution in [2.24, 2.45) is 5.92 Å². The van der Waals surface area contributed by atoms with E-state index in [-0.39, 0.29) is 23.8 Å². The first-order valence-electron chi connectivity index (χ1n) is 7.55. The summed E-state index contributed by atoms with van der Waals surface area (Å²) in [6.07, 6.45) is 2.42. The van der Waals surface area contributed by atoms with Crippen LogP contribution in [0.3, 0.4) is 0 Å². The fourth-order valence-electron chi connectivity index (χ4n) is 3.15. The van der Waals surface area contributed by atoms with E-state index in [1.54, 1.807) is 0 Å². The molecule has 3 atom stereocenters. The summed E-state index contributed by atoms with van der Waals surface area (Å²) in [6.45, 7) is 4.11. The van der Waals surface area contributed by atoms with Gasteiger partial charge >= 0.3 is 5.97 Å². The lowest BCUT2D eigenvalue weighted by atomic mass is 9.93. The van der Waals surface area contributed by atoms with E-state index in [0.29, 0.717) is 19.3 Å². The monoisotopic (exact) mass is 289 g/mol. The van der Waals surface area contributed by atoms with E-state index in [1.807, 2.05) is 12.1 Å². The van der Waals surface area contributed by atoms with Gasteiger partial charge in [0, 0.05) is 12.5 Å². The van der Waals surface area contributed by atoms with E-state index in [4.69, 9.17) is 5.11 Å². The Kier molecular flexibility index (Phi) is 4.99. The van der Waals surface area contributed by atoms with Crippen LogP contribution in [0.15, 0.2) is 24.3 Å². The van der Waals surface area contributed by atoms with Gasteiger partial charge < -0.3 is 10.4 Å². The van der Waals surface area contributed by atoms with E-state index in [0.717, 1.165) is 6.42 Å². The predicted molar refractivity (Wildman–Crippen MR) is 81.1 cm³/mol. The van der Waals surface area contributed by atoms with Crippen LogP contribution < -0.4 is 5.32 Å². The van der Waals surface area contributed by atoms with Crippen molar-refractivity contribution in [3.05, 3.63) is 35.4 Å². The van der Waals surface area contributed by atoms with Gasteiger partial charge in [-0.25, -0.2) is 0 Å². The summed E-state index contributed by atoms with van der Waals surface area (Å²) in [7, 11) is 0. The summed E-state index contributed by atoms with van der Waals surface area (Å²) in [5, 5.41) is 12.0. The quantitative estimate of drug-likeness (QED) is 0.876. The topological polar surface area (TPSA) is 66.4 Å². The summed E-state index contributed by atoms with van der Waals surface area (Å²) >= 11 is 0. The molecule has 2 N–H and O–H groups in total. The normalized spacial score (nSPS) is 22.8. The first kappa shape index (κ1) is 15.5. The number of carbonyl (C=O) groups excluding carboxylic acids is 1. The summed E-state index contributed by atoms with van der Waals surface area (Å²) < 4.78 is 0. The number of benzene rings is 1. The molecule has 1 saturated carbocycles. The van der Waals surface area contributed by atoms with Gasteiger partial charge in [0.25, 0.3) is 0 Å². The highest BCUT2D eigenvalue weighted by Crippen LogP contribution is 2.27. The van der Waals surface area contributed by atoms with Crippen molar-refractivity contribution in [1.82, 2.24) is 5.32 Å². The SMILES string of the molecule is Cc1ccccc1[C@H](C)CC(=O)N[C@@H]1CC[C@@H](C(=O)O)C1. The smallest absolute Gasteiger partial charge is 0.306 e. The molecule has 0 radical (unpaired) electrons. The Morgan fingerprint density at radius 1 is 1.33 bits per heavy atom. The maximum Gasteiger partial charge on any atom is 0.306 e. The van der Waals surface area contributed by atoms with Crippen molar-refractivity contribution < 1.29 is 14.7 Å². The van der Waals surface area contributed by atoms with Crippen LogP contribution in [-0.2, 0) is 9.59 Å². The second-order valence-corrected chi connectivity index (χ2v) is 6.07. The van der Waals surface area contributed by atoms with Crippen LogP contribution in [0.1, 0.15) is 49.7 Å². The van der Waals surface area contributed by atoms with Gasteiger partial charge in [0.2, 0.25) is 5.91 Å². The number of rotatable bonds is 5. The third-order valence-corrected chi connectivity index (χ3v) is 4.36. The molecule has 0 aliphatic heterocycles. The molecule has 1 aliphatic rings. The number of hydrogen-bond acceptors (Lipinski definition) is 2. The molecule has 0 unspecified atom stereocenters. The fourth-order valence-corrected chi connectivity index (χ4v) is 3.15. The second-order valence-electron chi connectivity index (χ2n) is 6.07. The standard InChI is InChI=1S/C17H23NO3/c1-11-5-3-4-6-15(11)12(2)9-16(19)18-14-8-7-13(10-14)17(20)21/h3-6,12-14H,7-10H2,1-2H3,(H,18,19)(H,20,21)/t12-,13-,14-/m1/s1. The van der Waals surface area contributed by atoms with E-state index < -0.39 is 5.97 Å². The van der Waals surface area contributed by atoms with Crippen LogP contribution in [0.25, 0.3) is 0 Å². The Hall–Kier alpha value is -1.84. The van der Waals surface area contributed by atoms with Gasteiger partial charge in [0.15, 0.2) is 0 Å². The highest BCUT2D eigenvalue weighted by atomic mass is 16.4. The van der Waals surface area contributed by atoms with Gasteiger partial charge in [0.05, 0.1) is 5.92 Å². The minimum Gasteiger partial charge on any atom is -0.481 e. The number of amides is 1. The molecule has 0 aromatic heterocycles. The molecule has 114 valence electrons. The summed E-state index contributed by atoms with van der Waals surface area (Å²) in [5.74, 6) is -0.867. The molecule has 21 heavy (non-hydrogen) atoms. The lowest BCUT2D eigenvalue weighted by molar-refractivity contribution is -0.141.